The van der Waals surface area contributed by atoms with Crippen molar-refractivity contribution in [3.63, 3.8) is 0 Å². The van der Waals surface area contributed by atoms with Crippen molar-refractivity contribution >= 4 is 17.5 Å². The largest absolute Gasteiger partial charge is 0.463 e. The van der Waals surface area contributed by atoms with Crippen LogP contribution in [0.4, 0.5) is 5.95 Å². The molecule has 0 aromatic carbocycles. The molecular weight excluding hydrogens is 228 g/mol. The number of nitrogens with zero attached hydrogens (tertiary/aromatic N) is 3. The van der Waals surface area contributed by atoms with Crippen molar-refractivity contribution in [3.05, 3.63) is 5.28 Å². The summed E-state index contributed by atoms with van der Waals surface area (Å²) in [7, 11) is 0. The van der Waals surface area contributed by atoms with E-state index in [-0.39, 0.29) is 5.28 Å². The van der Waals surface area contributed by atoms with Crippen molar-refractivity contribution in [1.82, 2.24) is 15.0 Å². The SMILES string of the molecule is CCCOc1nc(Cl)nc(NC2CCC2)n1. The fourth-order valence-electron chi connectivity index (χ4n) is 1.39. The van der Waals surface area contributed by atoms with Gasteiger partial charge in [0.15, 0.2) is 0 Å². The van der Waals surface area contributed by atoms with E-state index in [9.17, 15) is 0 Å². The molecule has 1 saturated carbocycles. The maximum Gasteiger partial charge on any atom is 0.322 e. The van der Waals surface area contributed by atoms with Gasteiger partial charge < -0.3 is 10.1 Å². The minimum Gasteiger partial charge on any atom is -0.463 e. The monoisotopic (exact) mass is 242 g/mol. The third-order valence-electron chi connectivity index (χ3n) is 2.46. The second-order valence-electron chi connectivity index (χ2n) is 3.83. The molecule has 6 heteroatoms. The number of hydrogen-bond acceptors (Lipinski definition) is 5. The molecule has 5 nitrogen and oxygen atoms in total. The van der Waals surface area contributed by atoms with Crippen LogP contribution in [-0.4, -0.2) is 27.6 Å². The Morgan fingerprint density at radius 3 is 2.81 bits per heavy atom. The van der Waals surface area contributed by atoms with Gasteiger partial charge in [0.05, 0.1) is 6.61 Å². The van der Waals surface area contributed by atoms with E-state index in [2.05, 4.69) is 20.3 Å². The summed E-state index contributed by atoms with van der Waals surface area (Å²) in [5.41, 5.74) is 0. The van der Waals surface area contributed by atoms with Crippen LogP contribution in [0.1, 0.15) is 32.6 Å². The zero-order valence-corrected chi connectivity index (χ0v) is 10.00. The summed E-state index contributed by atoms with van der Waals surface area (Å²) >= 11 is 5.79. The lowest BCUT2D eigenvalue weighted by atomic mass is 9.93. The summed E-state index contributed by atoms with van der Waals surface area (Å²) < 4.78 is 5.32. The lowest BCUT2D eigenvalue weighted by Gasteiger charge is -2.26. The Bertz CT molecular complexity index is 357. The molecule has 88 valence electrons. The molecule has 1 aliphatic rings. The van der Waals surface area contributed by atoms with Crippen LogP contribution >= 0.6 is 11.6 Å². The number of nitrogens with one attached hydrogen (secondary N) is 1. The number of aromatic nitrogens is 3. The molecule has 0 atom stereocenters. The van der Waals surface area contributed by atoms with Crippen LogP contribution in [0, 0.1) is 0 Å². The highest BCUT2D eigenvalue weighted by Gasteiger charge is 2.18. The maximum atomic E-state index is 5.79. The first-order valence-corrected chi connectivity index (χ1v) is 5.96. The van der Waals surface area contributed by atoms with Gasteiger partial charge in [-0.25, -0.2) is 0 Å². The summed E-state index contributed by atoms with van der Waals surface area (Å²) in [6, 6.07) is 0.765. The second-order valence-corrected chi connectivity index (χ2v) is 4.17. The predicted molar refractivity (Wildman–Crippen MR) is 61.9 cm³/mol. The molecule has 0 bridgehead atoms. The smallest absolute Gasteiger partial charge is 0.322 e. The zero-order valence-electron chi connectivity index (χ0n) is 9.24. The molecule has 1 fully saturated rings. The van der Waals surface area contributed by atoms with E-state index < -0.39 is 0 Å². The molecule has 0 unspecified atom stereocenters. The average molecular weight is 243 g/mol. The summed E-state index contributed by atoms with van der Waals surface area (Å²) in [5, 5.41) is 3.38. The van der Waals surface area contributed by atoms with Crippen molar-refractivity contribution < 1.29 is 4.74 Å². The van der Waals surface area contributed by atoms with Crippen LogP contribution in [0.5, 0.6) is 6.01 Å². The van der Waals surface area contributed by atoms with E-state index in [1.807, 2.05) is 6.92 Å². The maximum absolute atomic E-state index is 5.79. The fraction of sp³-hybridized carbons (Fsp3) is 0.700. The molecule has 16 heavy (non-hydrogen) atoms. The summed E-state index contributed by atoms with van der Waals surface area (Å²) in [6.07, 6.45) is 4.49. The van der Waals surface area contributed by atoms with E-state index in [1.54, 1.807) is 0 Å². The van der Waals surface area contributed by atoms with Gasteiger partial charge in [0.2, 0.25) is 11.2 Å². The third-order valence-corrected chi connectivity index (χ3v) is 2.63. The molecule has 2 rings (SSSR count). The fourth-order valence-corrected chi connectivity index (χ4v) is 1.54. The van der Waals surface area contributed by atoms with Crippen molar-refractivity contribution in [2.75, 3.05) is 11.9 Å². The molecule has 0 radical (unpaired) electrons. The summed E-state index contributed by atoms with van der Waals surface area (Å²) in [5.74, 6) is 0.510. The Morgan fingerprint density at radius 1 is 1.38 bits per heavy atom. The molecule has 1 N–H and O–H groups in total. The Balaban J connectivity index is 2.02. The molecule has 0 saturated heterocycles. The van der Waals surface area contributed by atoms with Gasteiger partial charge in [-0.3, -0.25) is 0 Å². The third kappa shape index (κ3) is 2.95. The number of rotatable bonds is 5. The first-order chi connectivity index (χ1) is 7.78. The number of hydrogen-bond donors (Lipinski definition) is 1. The summed E-state index contributed by atoms with van der Waals surface area (Å²) in [4.78, 5) is 12.1. The van der Waals surface area contributed by atoms with E-state index in [0.717, 1.165) is 19.3 Å². The molecule has 1 aromatic heterocycles. The van der Waals surface area contributed by atoms with Crippen LogP contribution < -0.4 is 10.1 Å². The van der Waals surface area contributed by atoms with Gasteiger partial charge in [0, 0.05) is 6.04 Å². The normalized spacial score (nSPS) is 15.6. The molecule has 0 aliphatic heterocycles. The van der Waals surface area contributed by atoms with Crippen molar-refractivity contribution in [3.8, 4) is 6.01 Å². The van der Waals surface area contributed by atoms with Gasteiger partial charge in [-0.15, -0.1) is 0 Å². The van der Waals surface area contributed by atoms with Crippen LogP contribution in [0.15, 0.2) is 0 Å². The summed E-state index contributed by atoms with van der Waals surface area (Å²) in [6.45, 7) is 2.61. The van der Waals surface area contributed by atoms with Gasteiger partial charge in [-0.05, 0) is 37.3 Å². The first kappa shape index (κ1) is 11.4. The predicted octanol–water partition coefficient (Wildman–Crippen LogP) is 2.28. The van der Waals surface area contributed by atoms with Crippen LogP contribution in [0.2, 0.25) is 5.28 Å². The lowest BCUT2D eigenvalue weighted by molar-refractivity contribution is 0.291. The Morgan fingerprint density at radius 2 is 2.19 bits per heavy atom. The average Bonchev–Trinajstić information content (AvgIpc) is 2.20. The van der Waals surface area contributed by atoms with Crippen LogP contribution in [0.25, 0.3) is 0 Å². The van der Waals surface area contributed by atoms with Crippen LogP contribution in [0.3, 0.4) is 0 Å². The molecule has 0 spiro atoms. The van der Waals surface area contributed by atoms with Gasteiger partial charge >= 0.3 is 6.01 Å². The number of anilines is 1. The Labute approximate surface area is 99.6 Å². The molecule has 0 amide bonds. The minimum absolute atomic E-state index is 0.169. The van der Waals surface area contributed by atoms with Crippen molar-refractivity contribution in [2.24, 2.45) is 0 Å². The number of ether oxygens (including phenoxy) is 1. The molecule has 1 aliphatic carbocycles. The molecular formula is C10H15ClN4O. The molecule has 1 heterocycles. The van der Waals surface area contributed by atoms with E-state index in [1.165, 1.54) is 6.42 Å². The highest BCUT2D eigenvalue weighted by molar-refractivity contribution is 6.28. The van der Waals surface area contributed by atoms with Crippen LogP contribution in [-0.2, 0) is 0 Å². The highest BCUT2D eigenvalue weighted by atomic mass is 35.5. The molecule has 1 aromatic rings. The van der Waals surface area contributed by atoms with Crippen molar-refractivity contribution in [2.45, 2.75) is 38.6 Å². The Hall–Kier alpha value is -1.10. The van der Waals surface area contributed by atoms with Gasteiger partial charge in [-0.2, -0.15) is 15.0 Å². The number of halogens is 1. The van der Waals surface area contributed by atoms with E-state index in [4.69, 9.17) is 16.3 Å². The van der Waals surface area contributed by atoms with Crippen molar-refractivity contribution in [1.29, 1.82) is 0 Å². The van der Waals surface area contributed by atoms with Gasteiger partial charge in [-0.1, -0.05) is 6.92 Å². The second kappa shape index (κ2) is 5.30. The first-order valence-electron chi connectivity index (χ1n) is 5.59. The minimum atomic E-state index is 0.169. The van der Waals surface area contributed by atoms with Gasteiger partial charge in [0.25, 0.3) is 0 Å². The van der Waals surface area contributed by atoms with Gasteiger partial charge in [0.1, 0.15) is 0 Å². The van der Waals surface area contributed by atoms with E-state index in [0.29, 0.717) is 24.6 Å². The highest BCUT2D eigenvalue weighted by Crippen LogP contribution is 2.22. The zero-order chi connectivity index (χ0) is 11.4. The topological polar surface area (TPSA) is 59.9 Å². The standard InChI is InChI=1S/C10H15ClN4O/c1-2-6-16-10-14-8(11)13-9(15-10)12-7-4-3-5-7/h7H,2-6H2,1H3,(H,12,13,14,15). The lowest BCUT2D eigenvalue weighted by Crippen LogP contribution is -2.28. The van der Waals surface area contributed by atoms with E-state index >= 15 is 0 Å². The Kier molecular flexibility index (Phi) is 3.77. The quantitative estimate of drug-likeness (QED) is 0.858.